The maximum Gasteiger partial charge on any atom is 0.0900 e. The number of benzene rings is 7. The van der Waals surface area contributed by atoms with Gasteiger partial charge in [0, 0.05) is 11.6 Å². The maximum absolute atomic E-state index is 4.94. The van der Waals surface area contributed by atoms with Crippen LogP contribution in [0.4, 0.5) is 0 Å². The van der Waals surface area contributed by atoms with Crippen LogP contribution >= 0.6 is 0 Å². The molecule has 11 rings (SSSR count). The molecule has 0 amide bonds. The molecule has 9 aromatic rings. The summed E-state index contributed by atoms with van der Waals surface area (Å²) in [5.74, 6) is 0. The predicted octanol–water partition coefficient (Wildman–Crippen LogP) is 12.6. The van der Waals surface area contributed by atoms with Crippen LogP contribution in [0.3, 0.4) is 0 Å². The quantitative estimate of drug-likeness (QED) is 0.186. The van der Waals surface area contributed by atoms with E-state index in [2.05, 4.69) is 169 Å². The summed E-state index contributed by atoms with van der Waals surface area (Å²) in [5, 5.41) is 1.13. The third-order valence-electron chi connectivity index (χ3n) is 11.4. The van der Waals surface area contributed by atoms with Gasteiger partial charge in [-0.3, -0.25) is 4.98 Å². The smallest absolute Gasteiger partial charge is 0.0900 e. The summed E-state index contributed by atoms with van der Waals surface area (Å²) in [7, 11) is 0. The van der Waals surface area contributed by atoms with E-state index in [1.807, 2.05) is 30.5 Å². The van der Waals surface area contributed by atoms with Crippen molar-refractivity contribution in [1.82, 2.24) is 9.97 Å². The summed E-state index contributed by atoms with van der Waals surface area (Å²) in [4.78, 5) is 9.52. The van der Waals surface area contributed by atoms with Gasteiger partial charge in [-0.1, -0.05) is 164 Å². The van der Waals surface area contributed by atoms with Crippen LogP contribution in [0.5, 0.6) is 0 Å². The third kappa shape index (κ3) is 4.33. The fraction of sp³-hybridized carbons (Fsp3) is 0.0196. The number of hydrogen-bond donors (Lipinski definition) is 0. The first kappa shape index (κ1) is 29.8. The van der Waals surface area contributed by atoms with Gasteiger partial charge >= 0.3 is 0 Å². The van der Waals surface area contributed by atoms with Crippen LogP contribution in [-0.4, -0.2) is 9.97 Å². The molecule has 2 aromatic heterocycles. The second-order valence-corrected chi connectivity index (χ2v) is 14.1. The fourth-order valence-electron chi connectivity index (χ4n) is 9.13. The van der Waals surface area contributed by atoms with Crippen LogP contribution in [0, 0.1) is 0 Å². The Morgan fingerprint density at radius 2 is 0.849 bits per heavy atom. The van der Waals surface area contributed by atoms with Gasteiger partial charge in [-0.2, -0.15) is 0 Å². The summed E-state index contributed by atoms with van der Waals surface area (Å²) in [6.45, 7) is 0. The summed E-state index contributed by atoms with van der Waals surface area (Å²) in [6.07, 6.45) is 1.82. The van der Waals surface area contributed by atoms with Gasteiger partial charge < -0.3 is 0 Å². The van der Waals surface area contributed by atoms with Crippen LogP contribution in [0.15, 0.2) is 194 Å². The molecule has 0 radical (unpaired) electrons. The van der Waals surface area contributed by atoms with Crippen LogP contribution in [0.1, 0.15) is 22.3 Å². The van der Waals surface area contributed by atoms with Crippen molar-refractivity contribution < 1.29 is 0 Å². The van der Waals surface area contributed by atoms with Gasteiger partial charge in [0.1, 0.15) is 0 Å². The number of para-hydroxylation sites is 1. The summed E-state index contributed by atoms with van der Waals surface area (Å²) >= 11 is 0. The highest BCUT2D eigenvalue weighted by Crippen LogP contribution is 2.63. The van der Waals surface area contributed by atoms with Crippen LogP contribution in [0.2, 0.25) is 0 Å². The molecular formula is C51H32N2. The third-order valence-corrected chi connectivity index (χ3v) is 11.4. The van der Waals surface area contributed by atoms with Gasteiger partial charge in [0.2, 0.25) is 0 Å². The summed E-state index contributed by atoms with van der Waals surface area (Å²) < 4.78 is 0. The lowest BCUT2D eigenvalue weighted by Crippen LogP contribution is -2.25. The van der Waals surface area contributed by atoms with Crippen molar-refractivity contribution in [2.75, 3.05) is 0 Å². The van der Waals surface area contributed by atoms with Crippen molar-refractivity contribution in [2.24, 2.45) is 0 Å². The molecule has 0 fully saturated rings. The first-order valence-corrected chi connectivity index (χ1v) is 18.2. The minimum Gasteiger partial charge on any atom is -0.255 e. The molecule has 0 N–H and O–H groups in total. The van der Waals surface area contributed by atoms with E-state index < -0.39 is 0 Å². The zero-order valence-electron chi connectivity index (χ0n) is 28.9. The highest BCUT2D eigenvalue weighted by atomic mass is 14.8. The second-order valence-electron chi connectivity index (χ2n) is 14.1. The molecule has 0 saturated carbocycles. The molecule has 0 aliphatic heterocycles. The van der Waals surface area contributed by atoms with Crippen molar-refractivity contribution in [3.8, 4) is 67.0 Å². The molecule has 2 heteroatoms. The SMILES string of the molecule is c1ccc(-c2cc(-c3ccc(-c4ccc(-c5cccc6c5-c5ccccc5C65c6ccccc6-c6ccccc65)cc4)cc3)c3ccccc3n2)nc1. The van der Waals surface area contributed by atoms with Gasteiger partial charge in [-0.15, -0.1) is 0 Å². The fourth-order valence-corrected chi connectivity index (χ4v) is 9.13. The molecule has 0 atom stereocenters. The molecule has 2 heterocycles. The van der Waals surface area contributed by atoms with Crippen molar-refractivity contribution in [3.63, 3.8) is 0 Å². The van der Waals surface area contributed by atoms with Crippen molar-refractivity contribution in [2.45, 2.75) is 5.41 Å². The van der Waals surface area contributed by atoms with Crippen molar-refractivity contribution in [1.29, 1.82) is 0 Å². The molecule has 2 nitrogen and oxygen atoms in total. The van der Waals surface area contributed by atoms with E-state index in [9.17, 15) is 0 Å². The summed E-state index contributed by atoms with van der Waals surface area (Å²) in [5.41, 5.74) is 20.3. The van der Waals surface area contributed by atoms with E-state index in [-0.39, 0.29) is 5.41 Å². The molecule has 0 bridgehead atoms. The largest absolute Gasteiger partial charge is 0.255 e. The van der Waals surface area contributed by atoms with E-state index >= 15 is 0 Å². The first-order chi connectivity index (χ1) is 26.3. The normalized spacial score (nSPS) is 13.1. The van der Waals surface area contributed by atoms with Gasteiger partial charge in [-0.05, 0) is 102 Å². The Bertz CT molecular complexity index is 2820. The minimum absolute atomic E-state index is 0.338. The highest BCUT2D eigenvalue weighted by molar-refractivity contribution is 6.00. The standard InChI is InChI=1S/C51H32N2/c1-5-17-43-38(12-1)39-13-2-6-18-44(39)51(43)45-19-7-3-15-41(45)50-37(16-11-20-46(50)51)35-27-23-33(24-28-35)34-25-29-36(30-26-34)42-32-49(48-22-9-10-31-52-48)53-47-21-8-4-14-40(42)47/h1-32H. The molecule has 7 aromatic carbocycles. The number of fused-ring (bicyclic) bond motifs is 11. The molecule has 1 spiro atoms. The monoisotopic (exact) mass is 672 g/mol. The molecule has 0 saturated heterocycles. The minimum atomic E-state index is -0.338. The van der Waals surface area contributed by atoms with Gasteiger partial charge in [0.25, 0.3) is 0 Å². The van der Waals surface area contributed by atoms with Crippen LogP contribution in [-0.2, 0) is 5.41 Å². The number of aromatic nitrogens is 2. The zero-order chi connectivity index (χ0) is 34.9. The molecule has 246 valence electrons. The van der Waals surface area contributed by atoms with E-state index in [4.69, 9.17) is 4.98 Å². The molecule has 2 aliphatic carbocycles. The zero-order valence-corrected chi connectivity index (χ0v) is 28.9. The van der Waals surface area contributed by atoms with Crippen LogP contribution < -0.4 is 0 Å². The van der Waals surface area contributed by atoms with E-state index in [0.29, 0.717) is 0 Å². The van der Waals surface area contributed by atoms with Gasteiger partial charge in [0.05, 0.1) is 22.3 Å². The van der Waals surface area contributed by atoms with E-state index in [1.54, 1.807) is 0 Å². The number of hydrogen-bond acceptors (Lipinski definition) is 2. The van der Waals surface area contributed by atoms with E-state index in [1.165, 1.54) is 66.8 Å². The predicted molar refractivity (Wildman–Crippen MR) is 218 cm³/mol. The first-order valence-electron chi connectivity index (χ1n) is 18.2. The molecule has 2 aliphatic rings. The topological polar surface area (TPSA) is 25.8 Å². The number of rotatable bonds is 4. The lowest BCUT2D eigenvalue weighted by atomic mass is 9.70. The number of nitrogens with zero attached hydrogens (tertiary/aromatic N) is 2. The Morgan fingerprint density at radius 3 is 1.51 bits per heavy atom. The molecule has 53 heavy (non-hydrogen) atoms. The molecule has 0 unspecified atom stereocenters. The van der Waals surface area contributed by atoms with Gasteiger partial charge in [0.15, 0.2) is 0 Å². The Labute approximate surface area is 308 Å². The summed E-state index contributed by atoms with van der Waals surface area (Å²) in [6, 6.07) is 68.4. The Balaban J connectivity index is 0.988. The Morgan fingerprint density at radius 1 is 0.340 bits per heavy atom. The van der Waals surface area contributed by atoms with Gasteiger partial charge in [-0.25, -0.2) is 4.98 Å². The van der Waals surface area contributed by atoms with Crippen molar-refractivity contribution >= 4 is 10.9 Å². The lowest BCUT2D eigenvalue weighted by Gasteiger charge is -2.30. The van der Waals surface area contributed by atoms with E-state index in [0.717, 1.165) is 33.4 Å². The second kappa shape index (κ2) is 11.6. The van der Waals surface area contributed by atoms with Crippen LogP contribution in [0.25, 0.3) is 77.9 Å². The average Bonchev–Trinajstić information content (AvgIpc) is 3.71. The number of pyridine rings is 2. The Hall–Kier alpha value is -6.90. The lowest BCUT2D eigenvalue weighted by molar-refractivity contribution is 0.794. The molecular weight excluding hydrogens is 641 g/mol. The Kier molecular flexibility index (Phi) is 6.50. The average molecular weight is 673 g/mol. The maximum atomic E-state index is 4.94. The highest BCUT2D eigenvalue weighted by Gasteiger charge is 2.51. The van der Waals surface area contributed by atoms with Crippen molar-refractivity contribution in [3.05, 3.63) is 217 Å².